The Kier molecular flexibility index (Phi) is 3.62. The number of amides is 1. The monoisotopic (exact) mass is 245 g/mol. The van der Waals surface area contributed by atoms with Gasteiger partial charge in [0.05, 0.1) is 6.20 Å². The van der Waals surface area contributed by atoms with Crippen molar-refractivity contribution in [3.8, 4) is 0 Å². The molecule has 0 bridgehead atoms. The molecule has 0 unspecified atom stereocenters. The molecule has 2 aromatic rings. The fourth-order valence-corrected chi connectivity index (χ4v) is 1.44. The SMILES string of the molecule is Cc1cc(C(=O)NCc2cccnc2)ncc1F. The van der Waals surface area contributed by atoms with Gasteiger partial charge in [0.25, 0.3) is 5.91 Å². The van der Waals surface area contributed by atoms with E-state index in [1.165, 1.54) is 6.07 Å². The minimum atomic E-state index is -0.418. The maximum absolute atomic E-state index is 13.0. The molecule has 0 radical (unpaired) electrons. The van der Waals surface area contributed by atoms with Crippen molar-refractivity contribution in [2.24, 2.45) is 0 Å². The summed E-state index contributed by atoms with van der Waals surface area (Å²) >= 11 is 0. The Morgan fingerprint density at radius 1 is 1.44 bits per heavy atom. The zero-order chi connectivity index (χ0) is 13.0. The molecule has 2 rings (SSSR count). The Balaban J connectivity index is 2.02. The first-order chi connectivity index (χ1) is 8.66. The van der Waals surface area contributed by atoms with Crippen LogP contribution in [0.3, 0.4) is 0 Å². The second kappa shape index (κ2) is 5.35. The third-order valence-electron chi connectivity index (χ3n) is 2.46. The summed E-state index contributed by atoms with van der Waals surface area (Å²) in [7, 11) is 0. The van der Waals surface area contributed by atoms with Crippen molar-refractivity contribution in [2.45, 2.75) is 13.5 Å². The van der Waals surface area contributed by atoms with Crippen molar-refractivity contribution in [1.29, 1.82) is 0 Å². The number of hydrogen-bond donors (Lipinski definition) is 1. The molecule has 0 aliphatic rings. The summed E-state index contributed by atoms with van der Waals surface area (Å²) in [6.45, 7) is 1.96. The van der Waals surface area contributed by atoms with Crippen LogP contribution in [0, 0.1) is 12.7 Å². The van der Waals surface area contributed by atoms with E-state index in [-0.39, 0.29) is 11.6 Å². The van der Waals surface area contributed by atoms with Gasteiger partial charge in [-0.25, -0.2) is 9.37 Å². The number of rotatable bonds is 3. The van der Waals surface area contributed by atoms with E-state index in [1.54, 1.807) is 25.4 Å². The summed E-state index contributed by atoms with van der Waals surface area (Å²) in [4.78, 5) is 19.5. The van der Waals surface area contributed by atoms with Gasteiger partial charge in [0.1, 0.15) is 11.5 Å². The van der Waals surface area contributed by atoms with E-state index in [0.717, 1.165) is 11.8 Å². The quantitative estimate of drug-likeness (QED) is 0.897. The van der Waals surface area contributed by atoms with Crippen molar-refractivity contribution >= 4 is 5.91 Å². The van der Waals surface area contributed by atoms with Crippen molar-refractivity contribution in [1.82, 2.24) is 15.3 Å². The van der Waals surface area contributed by atoms with E-state index in [4.69, 9.17) is 0 Å². The minimum Gasteiger partial charge on any atom is -0.347 e. The Morgan fingerprint density at radius 3 is 2.94 bits per heavy atom. The highest BCUT2D eigenvalue weighted by Crippen LogP contribution is 2.06. The average Bonchev–Trinajstić information content (AvgIpc) is 2.40. The van der Waals surface area contributed by atoms with Gasteiger partial charge < -0.3 is 5.32 Å². The molecule has 2 heterocycles. The van der Waals surface area contributed by atoms with Gasteiger partial charge in [-0.15, -0.1) is 0 Å². The lowest BCUT2D eigenvalue weighted by Gasteiger charge is -2.05. The Morgan fingerprint density at radius 2 is 2.28 bits per heavy atom. The van der Waals surface area contributed by atoms with Gasteiger partial charge in [0.15, 0.2) is 0 Å². The summed E-state index contributed by atoms with van der Waals surface area (Å²) in [6, 6.07) is 5.08. The number of nitrogens with zero attached hydrogens (tertiary/aromatic N) is 2. The third kappa shape index (κ3) is 2.88. The van der Waals surface area contributed by atoms with Crippen LogP contribution >= 0.6 is 0 Å². The average molecular weight is 245 g/mol. The van der Waals surface area contributed by atoms with Gasteiger partial charge in [-0.3, -0.25) is 9.78 Å². The molecule has 0 spiro atoms. The summed E-state index contributed by atoms with van der Waals surface area (Å²) < 4.78 is 13.0. The molecule has 5 heteroatoms. The van der Waals surface area contributed by atoms with Gasteiger partial charge in [-0.2, -0.15) is 0 Å². The first-order valence-corrected chi connectivity index (χ1v) is 5.46. The van der Waals surface area contributed by atoms with Crippen LogP contribution < -0.4 is 5.32 Å². The summed E-state index contributed by atoms with van der Waals surface area (Å²) in [5.74, 6) is -0.749. The van der Waals surface area contributed by atoms with Gasteiger partial charge in [0, 0.05) is 18.9 Å². The molecule has 0 aliphatic heterocycles. The van der Waals surface area contributed by atoms with E-state index in [1.807, 2.05) is 6.07 Å². The molecule has 0 atom stereocenters. The van der Waals surface area contributed by atoms with Crippen molar-refractivity contribution in [3.63, 3.8) is 0 Å². The van der Waals surface area contributed by atoms with E-state index in [2.05, 4.69) is 15.3 Å². The van der Waals surface area contributed by atoms with Crippen molar-refractivity contribution < 1.29 is 9.18 Å². The number of carbonyl (C=O) groups is 1. The fourth-order valence-electron chi connectivity index (χ4n) is 1.44. The second-order valence-electron chi connectivity index (χ2n) is 3.86. The minimum absolute atomic E-state index is 0.206. The molecular formula is C13H12FN3O. The largest absolute Gasteiger partial charge is 0.347 e. The van der Waals surface area contributed by atoms with Crippen molar-refractivity contribution in [3.05, 3.63) is 59.4 Å². The molecule has 18 heavy (non-hydrogen) atoms. The van der Waals surface area contributed by atoms with Crippen LogP contribution in [-0.4, -0.2) is 15.9 Å². The predicted octanol–water partition coefficient (Wildman–Crippen LogP) is 1.85. The second-order valence-corrected chi connectivity index (χ2v) is 3.86. The van der Waals surface area contributed by atoms with E-state index in [0.29, 0.717) is 12.1 Å². The summed E-state index contributed by atoms with van der Waals surface area (Å²) in [5, 5.41) is 2.70. The Hall–Kier alpha value is -2.30. The number of carbonyl (C=O) groups excluding carboxylic acids is 1. The number of nitrogens with one attached hydrogen (secondary N) is 1. The molecule has 1 amide bonds. The van der Waals surface area contributed by atoms with Gasteiger partial charge in [-0.05, 0) is 30.2 Å². The molecule has 0 fully saturated rings. The number of aromatic nitrogens is 2. The van der Waals surface area contributed by atoms with Crippen LogP contribution in [0.2, 0.25) is 0 Å². The molecule has 0 aromatic carbocycles. The summed E-state index contributed by atoms with van der Waals surface area (Å²) in [6.07, 6.45) is 4.38. The van der Waals surface area contributed by atoms with Crippen LogP contribution in [0.5, 0.6) is 0 Å². The smallest absolute Gasteiger partial charge is 0.270 e. The third-order valence-corrected chi connectivity index (χ3v) is 2.46. The highest BCUT2D eigenvalue weighted by Gasteiger charge is 2.08. The number of aryl methyl sites for hydroxylation is 1. The standard InChI is InChI=1S/C13H12FN3O/c1-9-5-12(16-8-11(9)14)13(18)17-7-10-3-2-4-15-6-10/h2-6,8H,7H2,1H3,(H,17,18). The number of hydrogen-bond acceptors (Lipinski definition) is 3. The zero-order valence-electron chi connectivity index (χ0n) is 9.85. The molecular weight excluding hydrogens is 233 g/mol. The van der Waals surface area contributed by atoms with E-state index in [9.17, 15) is 9.18 Å². The molecule has 4 nitrogen and oxygen atoms in total. The van der Waals surface area contributed by atoms with Crippen molar-refractivity contribution in [2.75, 3.05) is 0 Å². The molecule has 0 saturated carbocycles. The van der Waals surface area contributed by atoms with Gasteiger partial charge in [0.2, 0.25) is 0 Å². The normalized spacial score (nSPS) is 10.1. The molecule has 1 N–H and O–H groups in total. The lowest BCUT2D eigenvalue weighted by atomic mass is 10.2. The van der Waals surface area contributed by atoms with Gasteiger partial charge in [-0.1, -0.05) is 6.07 Å². The van der Waals surface area contributed by atoms with Crippen LogP contribution in [0.1, 0.15) is 21.6 Å². The lowest BCUT2D eigenvalue weighted by molar-refractivity contribution is 0.0945. The first-order valence-electron chi connectivity index (χ1n) is 5.46. The van der Waals surface area contributed by atoms with Crippen LogP contribution in [0.25, 0.3) is 0 Å². The molecule has 2 aromatic heterocycles. The maximum Gasteiger partial charge on any atom is 0.270 e. The Labute approximate surface area is 104 Å². The molecule has 0 aliphatic carbocycles. The van der Waals surface area contributed by atoms with E-state index >= 15 is 0 Å². The molecule has 0 saturated heterocycles. The van der Waals surface area contributed by atoms with E-state index < -0.39 is 5.82 Å². The first kappa shape index (κ1) is 12.2. The topological polar surface area (TPSA) is 54.9 Å². The highest BCUT2D eigenvalue weighted by atomic mass is 19.1. The fraction of sp³-hybridized carbons (Fsp3) is 0.154. The Bertz CT molecular complexity index is 557. The number of halogens is 1. The highest BCUT2D eigenvalue weighted by molar-refractivity contribution is 5.92. The predicted molar refractivity (Wildman–Crippen MR) is 64.3 cm³/mol. The summed E-state index contributed by atoms with van der Waals surface area (Å²) in [5.41, 5.74) is 1.50. The zero-order valence-corrected chi connectivity index (χ0v) is 9.85. The van der Waals surface area contributed by atoms with Crippen LogP contribution in [-0.2, 0) is 6.54 Å². The van der Waals surface area contributed by atoms with Crippen LogP contribution in [0.4, 0.5) is 4.39 Å². The van der Waals surface area contributed by atoms with Crippen LogP contribution in [0.15, 0.2) is 36.8 Å². The lowest BCUT2D eigenvalue weighted by Crippen LogP contribution is -2.24. The molecule has 92 valence electrons. The number of pyridine rings is 2. The van der Waals surface area contributed by atoms with Gasteiger partial charge >= 0.3 is 0 Å². The maximum atomic E-state index is 13.0.